The van der Waals surface area contributed by atoms with E-state index in [-0.39, 0.29) is 5.92 Å². The zero-order valence-electron chi connectivity index (χ0n) is 11.5. The third-order valence-corrected chi connectivity index (χ3v) is 4.53. The molecule has 0 bridgehead atoms. The Morgan fingerprint density at radius 3 is 2.33 bits per heavy atom. The van der Waals surface area contributed by atoms with Gasteiger partial charge in [-0.05, 0) is 47.9 Å². The van der Waals surface area contributed by atoms with Gasteiger partial charge in [0.25, 0.3) is 0 Å². The van der Waals surface area contributed by atoms with Crippen LogP contribution in [0, 0.1) is 6.92 Å². The SMILES string of the molecule is Cc1cc(Cl)ccc1C(O)C(CN)c1ccc(Cl)c(Cl)c1. The van der Waals surface area contributed by atoms with Crippen LogP contribution < -0.4 is 5.73 Å². The molecule has 112 valence electrons. The normalized spacial score (nSPS) is 14.0. The molecule has 0 heterocycles. The van der Waals surface area contributed by atoms with Gasteiger partial charge in [0, 0.05) is 17.5 Å². The largest absolute Gasteiger partial charge is 0.388 e. The molecular formula is C16H16Cl3NO. The summed E-state index contributed by atoms with van der Waals surface area (Å²) in [6, 6.07) is 10.7. The fourth-order valence-corrected chi connectivity index (χ4v) is 2.91. The second-order valence-corrected chi connectivity index (χ2v) is 6.21. The van der Waals surface area contributed by atoms with E-state index in [4.69, 9.17) is 40.5 Å². The summed E-state index contributed by atoms with van der Waals surface area (Å²) in [7, 11) is 0. The molecule has 21 heavy (non-hydrogen) atoms. The number of rotatable bonds is 4. The summed E-state index contributed by atoms with van der Waals surface area (Å²) in [6.45, 7) is 2.20. The van der Waals surface area contributed by atoms with Gasteiger partial charge < -0.3 is 10.8 Å². The Morgan fingerprint density at radius 1 is 1.05 bits per heavy atom. The highest BCUT2D eigenvalue weighted by atomic mass is 35.5. The molecule has 2 nitrogen and oxygen atoms in total. The van der Waals surface area contributed by atoms with Crippen LogP contribution in [0.5, 0.6) is 0 Å². The zero-order chi connectivity index (χ0) is 15.6. The molecule has 2 aromatic rings. The van der Waals surface area contributed by atoms with Crippen molar-refractivity contribution in [3.8, 4) is 0 Å². The third-order valence-electron chi connectivity index (χ3n) is 3.56. The summed E-state index contributed by atoms with van der Waals surface area (Å²) in [5, 5.41) is 12.2. The van der Waals surface area contributed by atoms with Crippen LogP contribution in [0.25, 0.3) is 0 Å². The van der Waals surface area contributed by atoms with Crippen LogP contribution in [-0.2, 0) is 0 Å². The van der Waals surface area contributed by atoms with E-state index in [0.29, 0.717) is 21.6 Å². The Balaban J connectivity index is 2.37. The van der Waals surface area contributed by atoms with Crippen LogP contribution in [-0.4, -0.2) is 11.7 Å². The minimum absolute atomic E-state index is 0.264. The lowest BCUT2D eigenvalue weighted by atomic mass is 9.87. The molecule has 2 rings (SSSR count). The summed E-state index contributed by atoms with van der Waals surface area (Å²) in [5.41, 5.74) is 8.44. The summed E-state index contributed by atoms with van der Waals surface area (Å²) >= 11 is 17.9. The maximum absolute atomic E-state index is 10.7. The fraction of sp³-hybridized carbons (Fsp3) is 0.250. The number of aliphatic hydroxyl groups excluding tert-OH is 1. The second kappa shape index (κ2) is 6.99. The minimum atomic E-state index is -0.732. The first-order chi connectivity index (χ1) is 9.93. The predicted molar refractivity (Wildman–Crippen MR) is 89.4 cm³/mol. The third kappa shape index (κ3) is 3.71. The van der Waals surface area contributed by atoms with E-state index in [9.17, 15) is 5.11 Å². The maximum atomic E-state index is 10.7. The van der Waals surface area contributed by atoms with Crippen molar-refractivity contribution in [2.45, 2.75) is 18.9 Å². The van der Waals surface area contributed by atoms with Crippen molar-refractivity contribution < 1.29 is 5.11 Å². The predicted octanol–water partition coefficient (Wildman–Crippen LogP) is 4.73. The summed E-state index contributed by atoms with van der Waals surface area (Å²) in [4.78, 5) is 0. The highest BCUT2D eigenvalue weighted by Gasteiger charge is 2.23. The monoisotopic (exact) mass is 343 g/mol. The van der Waals surface area contributed by atoms with Gasteiger partial charge in [-0.1, -0.05) is 46.9 Å². The van der Waals surface area contributed by atoms with E-state index < -0.39 is 6.10 Å². The molecule has 0 aromatic heterocycles. The number of halogens is 3. The number of nitrogens with two attached hydrogens (primary N) is 1. The van der Waals surface area contributed by atoms with Crippen molar-refractivity contribution >= 4 is 34.8 Å². The molecule has 5 heteroatoms. The molecule has 2 unspecified atom stereocenters. The Kier molecular flexibility index (Phi) is 5.53. The highest BCUT2D eigenvalue weighted by molar-refractivity contribution is 6.42. The molecule has 0 spiro atoms. The fourth-order valence-electron chi connectivity index (χ4n) is 2.38. The van der Waals surface area contributed by atoms with Gasteiger partial charge in [0.05, 0.1) is 16.1 Å². The van der Waals surface area contributed by atoms with Crippen LogP contribution in [0.2, 0.25) is 15.1 Å². The first kappa shape index (κ1) is 16.6. The van der Waals surface area contributed by atoms with E-state index in [1.807, 2.05) is 25.1 Å². The molecule has 0 aliphatic carbocycles. The average molecular weight is 345 g/mol. The molecule has 3 N–H and O–H groups in total. The van der Waals surface area contributed by atoms with E-state index in [1.54, 1.807) is 18.2 Å². The van der Waals surface area contributed by atoms with E-state index >= 15 is 0 Å². The molecule has 0 saturated heterocycles. The molecule has 0 aliphatic rings. The molecule has 0 fully saturated rings. The lowest BCUT2D eigenvalue weighted by Crippen LogP contribution is -2.20. The molecule has 0 radical (unpaired) electrons. The van der Waals surface area contributed by atoms with Gasteiger partial charge in [0.1, 0.15) is 0 Å². The molecule has 0 amide bonds. The molecule has 2 atom stereocenters. The van der Waals surface area contributed by atoms with Gasteiger partial charge in [-0.25, -0.2) is 0 Å². The lowest BCUT2D eigenvalue weighted by Gasteiger charge is -2.24. The smallest absolute Gasteiger partial charge is 0.0873 e. The number of hydrogen-bond donors (Lipinski definition) is 2. The highest BCUT2D eigenvalue weighted by Crippen LogP contribution is 2.35. The van der Waals surface area contributed by atoms with Gasteiger partial charge in [-0.15, -0.1) is 0 Å². The van der Waals surface area contributed by atoms with E-state index in [1.165, 1.54) is 0 Å². The Bertz CT molecular complexity index is 645. The molecule has 2 aromatic carbocycles. The Morgan fingerprint density at radius 2 is 1.76 bits per heavy atom. The Hall–Kier alpha value is -0.770. The number of aliphatic hydroxyl groups is 1. The zero-order valence-corrected chi connectivity index (χ0v) is 13.8. The van der Waals surface area contributed by atoms with Crippen molar-refractivity contribution in [1.29, 1.82) is 0 Å². The number of benzene rings is 2. The van der Waals surface area contributed by atoms with Crippen LogP contribution >= 0.6 is 34.8 Å². The first-order valence-corrected chi connectivity index (χ1v) is 7.66. The van der Waals surface area contributed by atoms with Crippen molar-refractivity contribution in [2.75, 3.05) is 6.54 Å². The van der Waals surface area contributed by atoms with Crippen molar-refractivity contribution in [3.63, 3.8) is 0 Å². The quantitative estimate of drug-likeness (QED) is 0.842. The Labute approximate surface area is 139 Å². The van der Waals surface area contributed by atoms with Crippen molar-refractivity contribution in [1.82, 2.24) is 0 Å². The van der Waals surface area contributed by atoms with Gasteiger partial charge in [0.2, 0.25) is 0 Å². The van der Waals surface area contributed by atoms with Crippen molar-refractivity contribution in [3.05, 3.63) is 68.2 Å². The van der Waals surface area contributed by atoms with Crippen LogP contribution in [0.1, 0.15) is 28.7 Å². The lowest BCUT2D eigenvalue weighted by molar-refractivity contribution is 0.147. The van der Waals surface area contributed by atoms with Gasteiger partial charge in [-0.2, -0.15) is 0 Å². The van der Waals surface area contributed by atoms with Crippen LogP contribution in [0.15, 0.2) is 36.4 Å². The van der Waals surface area contributed by atoms with Gasteiger partial charge in [-0.3, -0.25) is 0 Å². The maximum Gasteiger partial charge on any atom is 0.0873 e. The van der Waals surface area contributed by atoms with Gasteiger partial charge >= 0.3 is 0 Å². The van der Waals surface area contributed by atoms with Crippen molar-refractivity contribution in [2.24, 2.45) is 5.73 Å². The standard InChI is InChI=1S/C16H16Cl3NO/c1-9-6-11(17)3-4-12(9)16(21)13(8-20)10-2-5-14(18)15(19)7-10/h2-7,13,16,21H,8,20H2,1H3. The van der Waals surface area contributed by atoms with Crippen LogP contribution in [0.3, 0.4) is 0 Å². The average Bonchev–Trinajstić information content (AvgIpc) is 2.43. The van der Waals surface area contributed by atoms with Crippen LogP contribution in [0.4, 0.5) is 0 Å². The van der Waals surface area contributed by atoms with Gasteiger partial charge in [0.15, 0.2) is 0 Å². The number of hydrogen-bond acceptors (Lipinski definition) is 2. The molecule has 0 aliphatic heterocycles. The summed E-state index contributed by atoms with van der Waals surface area (Å²) < 4.78 is 0. The molecule has 0 saturated carbocycles. The minimum Gasteiger partial charge on any atom is -0.388 e. The van der Waals surface area contributed by atoms with E-state index in [2.05, 4.69) is 0 Å². The topological polar surface area (TPSA) is 46.2 Å². The van der Waals surface area contributed by atoms with E-state index in [0.717, 1.165) is 16.7 Å². The first-order valence-electron chi connectivity index (χ1n) is 6.53. The summed E-state index contributed by atoms with van der Waals surface area (Å²) in [5.74, 6) is -0.264. The second-order valence-electron chi connectivity index (χ2n) is 4.96. The molecular weight excluding hydrogens is 329 g/mol. The number of aryl methyl sites for hydroxylation is 1. The summed E-state index contributed by atoms with van der Waals surface area (Å²) in [6.07, 6.45) is -0.732.